The Bertz CT molecular complexity index is 743. The summed E-state index contributed by atoms with van der Waals surface area (Å²) in [5.41, 5.74) is 3.03. The van der Waals surface area contributed by atoms with Gasteiger partial charge in [0.1, 0.15) is 5.75 Å². The third kappa shape index (κ3) is 4.85. The van der Waals surface area contributed by atoms with Gasteiger partial charge in [-0.25, -0.2) is 0 Å². The molecule has 0 aromatic heterocycles. The molecule has 4 rings (SSSR count). The van der Waals surface area contributed by atoms with Gasteiger partial charge in [-0.2, -0.15) is 0 Å². The molecular weight excluding hydrogens is 360 g/mol. The van der Waals surface area contributed by atoms with Gasteiger partial charge in [-0.1, -0.05) is 31.1 Å². The number of carbonyl (C=O) groups is 1. The van der Waals surface area contributed by atoms with E-state index in [0.717, 1.165) is 50.3 Å². The van der Waals surface area contributed by atoms with Gasteiger partial charge in [0.2, 0.25) is 5.91 Å². The molecule has 0 radical (unpaired) electrons. The van der Waals surface area contributed by atoms with Crippen molar-refractivity contribution in [1.29, 1.82) is 0 Å². The van der Waals surface area contributed by atoms with Crippen LogP contribution in [0.1, 0.15) is 87.7 Å². The topological polar surface area (TPSA) is 52.6 Å². The minimum absolute atomic E-state index is 0.129. The summed E-state index contributed by atoms with van der Waals surface area (Å²) in [6, 6.07) is 4.09. The van der Waals surface area contributed by atoms with Crippen LogP contribution in [0.4, 0.5) is 5.69 Å². The summed E-state index contributed by atoms with van der Waals surface area (Å²) >= 11 is 0. The molecule has 4 nitrogen and oxygen atoms in total. The molecule has 1 unspecified atom stereocenters. The second-order valence-corrected chi connectivity index (χ2v) is 9.32. The molecule has 1 amide bonds. The minimum Gasteiger partial charge on any atom is -0.505 e. The number of aromatic hydroxyl groups is 1. The zero-order valence-corrected chi connectivity index (χ0v) is 17.8. The van der Waals surface area contributed by atoms with E-state index in [1.165, 1.54) is 51.1 Å². The highest BCUT2D eigenvalue weighted by molar-refractivity contribution is 5.90. The van der Waals surface area contributed by atoms with E-state index in [0.29, 0.717) is 23.3 Å². The molecule has 1 aliphatic heterocycles. The Balaban J connectivity index is 1.49. The van der Waals surface area contributed by atoms with Crippen molar-refractivity contribution in [1.82, 2.24) is 4.90 Å². The summed E-state index contributed by atoms with van der Waals surface area (Å²) in [4.78, 5) is 14.2. The first-order chi connectivity index (χ1) is 14.1. The quantitative estimate of drug-likeness (QED) is 0.507. The Morgan fingerprint density at radius 3 is 2.48 bits per heavy atom. The van der Waals surface area contributed by atoms with Gasteiger partial charge in [0.25, 0.3) is 0 Å². The molecule has 158 valence electrons. The molecule has 1 saturated carbocycles. The summed E-state index contributed by atoms with van der Waals surface area (Å²) in [6.45, 7) is 4.99. The third-order valence-corrected chi connectivity index (χ3v) is 7.20. The van der Waals surface area contributed by atoms with E-state index in [1.807, 2.05) is 6.07 Å². The third-order valence-electron chi connectivity index (χ3n) is 7.20. The van der Waals surface area contributed by atoms with Crippen LogP contribution in [0.2, 0.25) is 0 Å². The van der Waals surface area contributed by atoms with Crippen LogP contribution in [-0.2, 0) is 4.79 Å². The summed E-state index contributed by atoms with van der Waals surface area (Å²) in [7, 11) is 0. The average molecular weight is 397 g/mol. The van der Waals surface area contributed by atoms with Crippen LogP contribution in [0.5, 0.6) is 5.75 Å². The van der Waals surface area contributed by atoms with Crippen molar-refractivity contribution < 1.29 is 9.90 Å². The molecule has 2 aliphatic carbocycles. The number of phenolic OH excluding ortho intramolecular Hbond substituents is 1. The molecule has 1 atom stereocenters. The first-order valence-electron chi connectivity index (χ1n) is 11.6. The first kappa shape index (κ1) is 20.5. The number of benzene rings is 1. The molecule has 2 fully saturated rings. The minimum atomic E-state index is -0.129. The average Bonchev–Trinajstić information content (AvgIpc) is 3.25. The summed E-state index contributed by atoms with van der Waals surface area (Å²) in [5, 5.41) is 13.9. The lowest BCUT2D eigenvalue weighted by Gasteiger charge is -2.35. The molecule has 2 N–H and O–H groups in total. The predicted molar refractivity (Wildman–Crippen MR) is 119 cm³/mol. The van der Waals surface area contributed by atoms with E-state index in [1.54, 1.807) is 0 Å². The molecule has 1 saturated heterocycles. The fourth-order valence-corrected chi connectivity index (χ4v) is 5.71. The fraction of sp³-hybridized carbons (Fsp3) is 0.640. The van der Waals surface area contributed by atoms with E-state index in [2.05, 4.69) is 28.4 Å². The van der Waals surface area contributed by atoms with Crippen molar-refractivity contribution in [2.45, 2.75) is 76.5 Å². The molecule has 1 aromatic rings. The second kappa shape index (κ2) is 9.34. The van der Waals surface area contributed by atoms with Crippen molar-refractivity contribution >= 4 is 11.6 Å². The van der Waals surface area contributed by atoms with Crippen LogP contribution < -0.4 is 5.32 Å². The number of likely N-dealkylation sites (tertiary alicyclic amines) is 1. The number of hydrogen-bond acceptors (Lipinski definition) is 3. The van der Waals surface area contributed by atoms with Gasteiger partial charge in [-0.15, -0.1) is 0 Å². The predicted octanol–water partition coefficient (Wildman–Crippen LogP) is 5.54. The number of carbonyl (C=O) groups excluding carboxylic acids is 1. The van der Waals surface area contributed by atoms with Crippen LogP contribution in [0.3, 0.4) is 0 Å². The lowest BCUT2D eigenvalue weighted by atomic mass is 9.81. The molecule has 4 heteroatoms. The smallest absolute Gasteiger partial charge is 0.221 e. The number of anilines is 1. The van der Waals surface area contributed by atoms with Crippen molar-refractivity contribution in [3.63, 3.8) is 0 Å². The summed E-state index contributed by atoms with van der Waals surface area (Å²) < 4.78 is 0. The molecule has 0 spiro atoms. The van der Waals surface area contributed by atoms with E-state index in [-0.39, 0.29) is 5.91 Å². The van der Waals surface area contributed by atoms with Gasteiger partial charge < -0.3 is 15.3 Å². The Morgan fingerprint density at radius 1 is 1.07 bits per heavy atom. The number of hydrogen-bond donors (Lipinski definition) is 2. The maximum Gasteiger partial charge on any atom is 0.221 e. The number of amides is 1. The summed E-state index contributed by atoms with van der Waals surface area (Å²) in [5.74, 6) is 1.87. The SMILES string of the molecule is CC(=O)Nc1ccc(C2CCN(CC3C=CCCC3)CC2)c(C2CCCC2)c1O. The number of nitrogens with one attached hydrogen (secondary N) is 1. The van der Waals surface area contributed by atoms with Crippen LogP contribution in [0.25, 0.3) is 0 Å². The number of allylic oxidation sites excluding steroid dienone is 1. The first-order valence-corrected chi connectivity index (χ1v) is 11.6. The fourth-order valence-electron chi connectivity index (χ4n) is 5.71. The summed E-state index contributed by atoms with van der Waals surface area (Å²) in [6.07, 6.45) is 15.8. The van der Waals surface area contributed by atoms with Gasteiger partial charge in [0.15, 0.2) is 0 Å². The lowest BCUT2D eigenvalue weighted by molar-refractivity contribution is -0.114. The van der Waals surface area contributed by atoms with Crippen LogP contribution in [0, 0.1) is 5.92 Å². The maximum atomic E-state index is 11.6. The Hall–Kier alpha value is -1.81. The van der Waals surface area contributed by atoms with Gasteiger partial charge in [-0.3, -0.25) is 4.79 Å². The number of phenols is 1. The van der Waals surface area contributed by atoms with Crippen LogP contribution >= 0.6 is 0 Å². The molecule has 1 heterocycles. The Labute approximate surface area is 175 Å². The number of nitrogens with zero attached hydrogens (tertiary/aromatic N) is 1. The van der Waals surface area contributed by atoms with E-state index >= 15 is 0 Å². The zero-order valence-electron chi connectivity index (χ0n) is 17.8. The maximum absolute atomic E-state index is 11.6. The molecule has 0 bridgehead atoms. The highest BCUT2D eigenvalue weighted by Crippen LogP contribution is 2.47. The van der Waals surface area contributed by atoms with E-state index in [9.17, 15) is 9.90 Å². The highest BCUT2D eigenvalue weighted by atomic mass is 16.3. The second-order valence-electron chi connectivity index (χ2n) is 9.32. The van der Waals surface area contributed by atoms with Crippen molar-refractivity contribution in [3.8, 4) is 5.75 Å². The largest absolute Gasteiger partial charge is 0.505 e. The molecule has 1 aromatic carbocycles. The van der Waals surface area contributed by atoms with Crippen LogP contribution in [-0.4, -0.2) is 35.5 Å². The number of piperidine rings is 1. The Morgan fingerprint density at radius 2 is 1.83 bits per heavy atom. The van der Waals surface area contributed by atoms with Gasteiger partial charge in [0, 0.05) is 19.0 Å². The van der Waals surface area contributed by atoms with Crippen molar-refractivity contribution in [2.24, 2.45) is 5.92 Å². The Kier molecular flexibility index (Phi) is 6.59. The van der Waals surface area contributed by atoms with Gasteiger partial charge in [0.05, 0.1) is 5.69 Å². The van der Waals surface area contributed by atoms with Crippen LogP contribution in [0.15, 0.2) is 24.3 Å². The standard InChI is InChI=1S/C25H36N2O2/c1-18(28)26-23-12-11-22(24(25(23)29)21-9-5-6-10-21)20-13-15-27(16-14-20)17-19-7-3-2-4-8-19/h3,7,11-12,19-21,29H,2,4-6,8-10,13-17H2,1H3,(H,26,28). The van der Waals surface area contributed by atoms with E-state index < -0.39 is 0 Å². The zero-order chi connectivity index (χ0) is 20.2. The lowest BCUT2D eigenvalue weighted by Crippen LogP contribution is -2.36. The molecular formula is C25H36N2O2. The normalized spacial score (nSPS) is 24.1. The van der Waals surface area contributed by atoms with Gasteiger partial charge in [-0.05, 0) is 87.4 Å². The van der Waals surface area contributed by atoms with E-state index in [4.69, 9.17) is 0 Å². The number of rotatable bonds is 5. The monoisotopic (exact) mass is 396 g/mol. The molecule has 29 heavy (non-hydrogen) atoms. The molecule has 3 aliphatic rings. The van der Waals surface area contributed by atoms with Gasteiger partial charge >= 0.3 is 0 Å². The van der Waals surface area contributed by atoms with Crippen molar-refractivity contribution in [3.05, 3.63) is 35.4 Å². The highest BCUT2D eigenvalue weighted by Gasteiger charge is 2.30. The van der Waals surface area contributed by atoms with Crippen molar-refractivity contribution in [2.75, 3.05) is 25.0 Å².